The molecule has 0 unspecified atom stereocenters. The first-order valence-corrected chi connectivity index (χ1v) is 7.11. The van der Waals surface area contributed by atoms with Crippen LogP contribution >= 0.6 is 0 Å². The molecule has 0 aromatic heterocycles. The van der Waals surface area contributed by atoms with E-state index in [0.29, 0.717) is 6.54 Å². The van der Waals surface area contributed by atoms with Crippen molar-refractivity contribution in [3.05, 3.63) is 0 Å². The van der Waals surface area contributed by atoms with E-state index in [4.69, 9.17) is 0 Å². The average Bonchev–Trinajstić information content (AvgIpc) is 2.38. The third-order valence-electron chi connectivity index (χ3n) is 3.83. The molecule has 5 heteroatoms. The van der Waals surface area contributed by atoms with Crippen LogP contribution in [0.5, 0.6) is 0 Å². The van der Waals surface area contributed by atoms with Gasteiger partial charge in [-0.05, 0) is 32.4 Å². The van der Waals surface area contributed by atoms with Crippen LogP contribution in [0.2, 0.25) is 0 Å². The highest BCUT2D eigenvalue weighted by molar-refractivity contribution is 5.87. The zero-order valence-corrected chi connectivity index (χ0v) is 12.7. The Balaban J connectivity index is 2.74. The third-order valence-corrected chi connectivity index (χ3v) is 3.83. The first-order valence-electron chi connectivity index (χ1n) is 7.11. The molecule has 0 spiro atoms. The van der Waals surface area contributed by atoms with Crippen LogP contribution in [-0.2, 0) is 9.59 Å². The fourth-order valence-electron chi connectivity index (χ4n) is 2.40. The van der Waals surface area contributed by atoms with Gasteiger partial charge in [0.2, 0.25) is 11.8 Å². The molecule has 1 aliphatic rings. The van der Waals surface area contributed by atoms with Crippen molar-refractivity contribution in [1.82, 2.24) is 15.1 Å². The van der Waals surface area contributed by atoms with Crippen LogP contribution in [0.25, 0.3) is 0 Å². The molecule has 1 rings (SSSR count). The molecular formula is C14H27N3O2. The van der Waals surface area contributed by atoms with Crippen molar-refractivity contribution < 1.29 is 9.59 Å². The van der Waals surface area contributed by atoms with Gasteiger partial charge in [-0.25, -0.2) is 0 Å². The zero-order chi connectivity index (χ0) is 14.5. The number of amides is 2. The van der Waals surface area contributed by atoms with E-state index >= 15 is 0 Å². The first kappa shape index (κ1) is 16.0. The second-order valence-corrected chi connectivity index (χ2v) is 5.83. The van der Waals surface area contributed by atoms with E-state index < -0.39 is 0 Å². The van der Waals surface area contributed by atoms with E-state index in [-0.39, 0.29) is 23.8 Å². The van der Waals surface area contributed by atoms with Crippen LogP contribution < -0.4 is 5.32 Å². The number of likely N-dealkylation sites (N-methyl/N-ethyl adjacent to an activating group) is 1. The molecule has 0 atom stereocenters. The molecule has 0 aromatic carbocycles. The van der Waals surface area contributed by atoms with Crippen molar-refractivity contribution in [2.75, 3.05) is 40.3 Å². The predicted octanol–water partition coefficient (Wildman–Crippen LogP) is 0.703. The highest BCUT2D eigenvalue weighted by atomic mass is 16.2. The number of carbonyl (C=O) groups is 2. The molecule has 1 saturated heterocycles. The Morgan fingerprint density at radius 2 is 1.79 bits per heavy atom. The van der Waals surface area contributed by atoms with Gasteiger partial charge in [-0.2, -0.15) is 0 Å². The van der Waals surface area contributed by atoms with Crippen molar-refractivity contribution in [2.24, 2.45) is 5.41 Å². The maximum atomic E-state index is 12.7. The lowest BCUT2D eigenvalue weighted by Crippen LogP contribution is -2.50. The van der Waals surface area contributed by atoms with Gasteiger partial charge in [0.05, 0.1) is 6.54 Å². The molecule has 1 aliphatic heterocycles. The van der Waals surface area contributed by atoms with Gasteiger partial charge >= 0.3 is 0 Å². The first-order chi connectivity index (χ1) is 8.90. The molecule has 0 aliphatic carbocycles. The molecule has 0 bridgehead atoms. The lowest BCUT2D eigenvalue weighted by Gasteiger charge is -2.37. The number of nitrogens with one attached hydrogen (secondary N) is 1. The summed E-state index contributed by atoms with van der Waals surface area (Å²) in [6.45, 7) is 6.67. The maximum Gasteiger partial charge on any atom is 0.241 e. The summed E-state index contributed by atoms with van der Waals surface area (Å²) >= 11 is 0. The SMILES string of the molecule is CCCN(CC(=O)N(C)C)C(=O)C1(C)CCNCC1. The lowest BCUT2D eigenvalue weighted by molar-refractivity contribution is -0.147. The second-order valence-electron chi connectivity index (χ2n) is 5.83. The van der Waals surface area contributed by atoms with E-state index in [1.807, 2.05) is 13.8 Å². The molecule has 19 heavy (non-hydrogen) atoms. The fraction of sp³-hybridized carbons (Fsp3) is 0.857. The molecule has 110 valence electrons. The molecule has 1 fully saturated rings. The number of nitrogens with zero attached hydrogens (tertiary/aromatic N) is 2. The molecule has 5 nitrogen and oxygen atoms in total. The molecule has 1 N–H and O–H groups in total. The Morgan fingerprint density at radius 1 is 1.21 bits per heavy atom. The van der Waals surface area contributed by atoms with Crippen LogP contribution in [0.1, 0.15) is 33.1 Å². The Labute approximate surface area is 116 Å². The predicted molar refractivity (Wildman–Crippen MR) is 75.8 cm³/mol. The summed E-state index contributed by atoms with van der Waals surface area (Å²) in [6.07, 6.45) is 2.57. The number of hydrogen-bond donors (Lipinski definition) is 1. The van der Waals surface area contributed by atoms with Gasteiger partial charge in [0.25, 0.3) is 0 Å². The van der Waals surface area contributed by atoms with Crippen LogP contribution in [0.15, 0.2) is 0 Å². The Hall–Kier alpha value is -1.10. The summed E-state index contributed by atoms with van der Waals surface area (Å²) in [5.74, 6) is 0.116. The van der Waals surface area contributed by atoms with Crippen LogP contribution in [0.4, 0.5) is 0 Å². The summed E-state index contributed by atoms with van der Waals surface area (Å²) < 4.78 is 0. The Morgan fingerprint density at radius 3 is 2.26 bits per heavy atom. The van der Waals surface area contributed by atoms with Crippen molar-refractivity contribution >= 4 is 11.8 Å². The second kappa shape index (κ2) is 6.89. The Bertz CT molecular complexity index is 323. The molecule has 1 heterocycles. The topological polar surface area (TPSA) is 52.7 Å². The third kappa shape index (κ3) is 4.20. The normalized spacial score (nSPS) is 17.9. The van der Waals surface area contributed by atoms with Gasteiger partial charge in [-0.3, -0.25) is 9.59 Å². The van der Waals surface area contributed by atoms with E-state index in [2.05, 4.69) is 5.32 Å². The van der Waals surface area contributed by atoms with Crippen LogP contribution in [0.3, 0.4) is 0 Å². The number of carbonyl (C=O) groups excluding carboxylic acids is 2. The minimum Gasteiger partial charge on any atom is -0.347 e. The quantitative estimate of drug-likeness (QED) is 0.799. The number of hydrogen-bond acceptors (Lipinski definition) is 3. The van der Waals surface area contributed by atoms with E-state index in [1.165, 1.54) is 0 Å². The van der Waals surface area contributed by atoms with Crippen LogP contribution in [0, 0.1) is 5.41 Å². The van der Waals surface area contributed by atoms with Gasteiger partial charge in [-0.15, -0.1) is 0 Å². The Kier molecular flexibility index (Phi) is 5.79. The van der Waals surface area contributed by atoms with Gasteiger partial charge in [0.1, 0.15) is 0 Å². The van der Waals surface area contributed by atoms with Crippen molar-refractivity contribution in [3.8, 4) is 0 Å². The van der Waals surface area contributed by atoms with Gasteiger partial charge < -0.3 is 15.1 Å². The van der Waals surface area contributed by atoms with E-state index in [1.54, 1.807) is 23.9 Å². The molecule has 0 saturated carbocycles. The molecular weight excluding hydrogens is 242 g/mol. The van der Waals surface area contributed by atoms with E-state index in [9.17, 15) is 9.59 Å². The highest BCUT2D eigenvalue weighted by Gasteiger charge is 2.37. The number of rotatable bonds is 5. The van der Waals surface area contributed by atoms with E-state index in [0.717, 1.165) is 32.4 Å². The summed E-state index contributed by atoms with van der Waals surface area (Å²) in [5, 5.41) is 3.28. The average molecular weight is 269 g/mol. The smallest absolute Gasteiger partial charge is 0.241 e. The minimum atomic E-state index is -0.312. The highest BCUT2D eigenvalue weighted by Crippen LogP contribution is 2.30. The zero-order valence-electron chi connectivity index (χ0n) is 12.7. The maximum absolute atomic E-state index is 12.7. The largest absolute Gasteiger partial charge is 0.347 e. The van der Waals surface area contributed by atoms with Gasteiger partial charge in [0.15, 0.2) is 0 Å². The minimum absolute atomic E-state index is 0.0145. The lowest BCUT2D eigenvalue weighted by atomic mass is 9.79. The fourth-order valence-corrected chi connectivity index (χ4v) is 2.40. The summed E-state index contributed by atoms with van der Waals surface area (Å²) in [5.41, 5.74) is -0.312. The molecule has 0 radical (unpaired) electrons. The monoisotopic (exact) mass is 269 g/mol. The van der Waals surface area contributed by atoms with Gasteiger partial charge in [-0.1, -0.05) is 13.8 Å². The van der Waals surface area contributed by atoms with Crippen molar-refractivity contribution in [1.29, 1.82) is 0 Å². The summed E-state index contributed by atoms with van der Waals surface area (Å²) in [7, 11) is 3.45. The molecule has 2 amide bonds. The summed E-state index contributed by atoms with van der Waals surface area (Å²) in [6, 6.07) is 0. The van der Waals surface area contributed by atoms with Crippen molar-refractivity contribution in [2.45, 2.75) is 33.1 Å². The summed E-state index contributed by atoms with van der Waals surface area (Å²) in [4.78, 5) is 27.8. The van der Waals surface area contributed by atoms with Gasteiger partial charge in [0, 0.05) is 26.1 Å². The van der Waals surface area contributed by atoms with Crippen molar-refractivity contribution in [3.63, 3.8) is 0 Å². The standard InChI is InChI=1S/C14H27N3O2/c1-5-10-17(11-12(18)16(3)4)13(19)14(2)6-8-15-9-7-14/h15H,5-11H2,1-4H3. The number of piperidine rings is 1. The molecule has 0 aromatic rings. The van der Waals surface area contributed by atoms with Crippen LogP contribution in [-0.4, -0.2) is 61.9 Å².